The topological polar surface area (TPSA) is 43.4 Å². The van der Waals surface area contributed by atoms with E-state index in [-0.39, 0.29) is 6.61 Å². The summed E-state index contributed by atoms with van der Waals surface area (Å²) in [6.45, 7) is 2.93. The van der Waals surface area contributed by atoms with Crippen LogP contribution in [-0.4, -0.2) is 18.9 Å². The molecule has 0 unspecified atom stereocenters. The lowest BCUT2D eigenvalue weighted by Crippen LogP contribution is -2.01. The van der Waals surface area contributed by atoms with Crippen molar-refractivity contribution in [2.45, 2.75) is 12.8 Å². The zero-order valence-electron chi connectivity index (χ0n) is 10.3. The predicted molar refractivity (Wildman–Crippen MR) is 73.0 cm³/mol. The fourth-order valence-corrected chi connectivity index (χ4v) is 0.961. The molecule has 3 nitrogen and oxygen atoms in total. The summed E-state index contributed by atoms with van der Waals surface area (Å²) in [5.41, 5.74) is 0. The molecule has 0 saturated carbocycles. The Bertz CT molecular complexity index is 318. The first-order valence-electron chi connectivity index (χ1n) is 5.67. The average Bonchev–Trinajstić information content (AvgIpc) is 3.12. The third kappa shape index (κ3) is 11.9. The average molecular weight is 246 g/mol. The maximum Gasteiger partial charge on any atom is 0.330 e. The number of allylic oxidation sites excluding steroid dienone is 8. The van der Waals surface area contributed by atoms with Crippen LogP contribution >= 0.6 is 0 Å². The van der Waals surface area contributed by atoms with E-state index in [2.05, 4.69) is 59.9 Å². The molecular weight excluding hydrogens is 228 g/mol. The van der Waals surface area contributed by atoms with Crippen LogP contribution in [0, 0.1) is 0 Å². The Labute approximate surface area is 108 Å². The zero-order chi connectivity index (χ0) is 13.5. The van der Waals surface area contributed by atoms with Crippen LogP contribution in [0.3, 0.4) is 0 Å². The number of carbonyl (C=O) groups is 2. The number of carbonyl (C=O) groups excluding carboxylic acids is 2. The van der Waals surface area contributed by atoms with Gasteiger partial charge in [-0.1, -0.05) is 55.2 Å². The Morgan fingerprint density at radius 3 is 1.72 bits per heavy atom. The molecule has 18 heavy (non-hydrogen) atoms. The summed E-state index contributed by atoms with van der Waals surface area (Å²) in [4.78, 5) is 19.6. The highest BCUT2D eigenvalue weighted by molar-refractivity contribution is 5.82. The third-order valence-corrected chi connectivity index (χ3v) is 1.77. The largest absolute Gasteiger partial charge is 0.455 e. The molecule has 0 aliphatic heterocycles. The minimum Gasteiger partial charge on any atom is -0.455 e. The fraction of sp³-hybridized carbons (Fsp3) is 0.200. The molecule has 0 spiro atoms. The van der Waals surface area contributed by atoms with Crippen molar-refractivity contribution in [2.24, 2.45) is 0 Å². The van der Waals surface area contributed by atoms with Crippen molar-refractivity contribution in [1.82, 2.24) is 0 Å². The van der Waals surface area contributed by atoms with Gasteiger partial charge in [0.05, 0.1) is 0 Å². The van der Waals surface area contributed by atoms with E-state index in [0.717, 1.165) is 18.9 Å². The summed E-state index contributed by atoms with van der Waals surface area (Å²) in [5.74, 6) is -0.572. The Morgan fingerprint density at radius 1 is 1.06 bits per heavy atom. The van der Waals surface area contributed by atoms with Gasteiger partial charge in [-0.25, -0.2) is 4.79 Å². The molecule has 2 aliphatic rings. The van der Waals surface area contributed by atoms with Crippen LogP contribution in [-0.2, 0) is 14.3 Å². The van der Waals surface area contributed by atoms with E-state index in [1.54, 1.807) is 0 Å². The minimum atomic E-state index is -0.572. The number of esters is 1. The molecule has 0 saturated heterocycles. The number of ether oxygens (including phenoxy) is 1. The molecule has 0 aromatic heterocycles. The number of aldehydes is 1. The van der Waals surface area contributed by atoms with Crippen molar-refractivity contribution in [3.63, 3.8) is 0 Å². The van der Waals surface area contributed by atoms with Gasteiger partial charge < -0.3 is 4.74 Å². The van der Waals surface area contributed by atoms with Crippen LogP contribution in [0.1, 0.15) is 12.8 Å². The molecule has 3 heteroatoms. The summed E-state index contributed by atoms with van der Waals surface area (Å²) in [7, 11) is 0. The molecule has 0 aromatic carbocycles. The van der Waals surface area contributed by atoms with Crippen molar-refractivity contribution in [3.8, 4) is 0 Å². The van der Waals surface area contributed by atoms with Crippen molar-refractivity contribution in [3.05, 3.63) is 61.3 Å². The molecule has 2 aliphatic carbocycles. The smallest absolute Gasteiger partial charge is 0.330 e. The highest BCUT2D eigenvalue weighted by Crippen LogP contribution is 1.93. The van der Waals surface area contributed by atoms with E-state index < -0.39 is 5.97 Å². The Balaban J connectivity index is 0.000000250. The van der Waals surface area contributed by atoms with Gasteiger partial charge in [0.2, 0.25) is 0 Å². The third-order valence-electron chi connectivity index (χ3n) is 1.77. The minimum absolute atomic E-state index is 0.190. The summed E-state index contributed by atoms with van der Waals surface area (Å²) < 4.78 is 4.22. The second kappa shape index (κ2) is 12.9. The maximum absolute atomic E-state index is 10.1. The van der Waals surface area contributed by atoms with Crippen LogP contribution in [0.15, 0.2) is 61.3 Å². The van der Waals surface area contributed by atoms with E-state index in [9.17, 15) is 9.59 Å². The van der Waals surface area contributed by atoms with Gasteiger partial charge >= 0.3 is 5.97 Å². The first kappa shape index (κ1) is 15.8. The lowest BCUT2D eigenvalue weighted by atomic mass is 10.5. The van der Waals surface area contributed by atoms with Crippen molar-refractivity contribution < 1.29 is 14.3 Å². The van der Waals surface area contributed by atoms with Crippen LogP contribution in [0.2, 0.25) is 0 Å². The van der Waals surface area contributed by atoms with E-state index in [1.807, 2.05) is 0 Å². The number of hydrogen-bond donors (Lipinski definition) is 0. The molecular formula is C15H18O3. The normalized spacial score (nSPS) is 13.1. The quantitative estimate of drug-likeness (QED) is 0.437. The van der Waals surface area contributed by atoms with E-state index in [0.29, 0.717) is 6.29 Å². The van der Waals surface area contributed by atoms with Gasteiger partial charge in [-0.15, -0.1) is 0 Å². The van der Waals surface area contributed by atoms with Crippen LogP contribution in [0.25, 0.3) is 0 Å². The van der Waals surface area contributed by atoms with Crippen molar-refractivity contribution in [1.29, 1.82) is 0 Å². The highest BCUT2D eigenvalue weighted by Gasteiger charge is 1.89. The van der Waals surface area contributed by atoms with E-state index >= 15 is 0 Å². The van der Waals surface area contributed by atoms with Crippen molar-refractivity contribution >= 4 is 12.3 Å². The standard InChI is InChI=1S/C5H6O3.2C5H6/c1-2-5(7)8-4-3-6;2*1-2-4-5-3-1/h2-3H,1,4H2;2*1-4H,5H2. The van der Waals surface area contributed by atoms with Gasteiger partial charge in [0.25, 0.3) is 0 Å². The summed E-state index contributed by atoms with van der Waals surface area (Å²) in [6, 6.07) is 0. The fourth-order valence-electron chi connectivity index (χ4n) is 0.961. The van der Waals surface area contributed by atoms with Gasteiger partial charge in [-0.2, -0.15) is 0 Å². The SMILES string of the molecule is C1=CCC=C1.C1=CCC=C1.C=CC(=O)OCC=O. The molecule has 0 amide bonds. The number of hydrogen-bond acceptors (Lipinski definition) is 3. The lowest BCUT2D eigenvalue weighted by molar-refractivity contribution is -0.140. The zero-order valence-corrected chi connectivity index (χ0v) is 10.3. The molecule has 0 atom stereocenters. The molecule has 0 aromatic rings. The second-order valence-corrected chi connectivity index (χ2v) is 3.18. The highest BCUT2D eigenvalue weighted by atomic mass is 16.5. The Morgan fingerprint density at radius 2 is 1.50 bits per heavy atom. The van der Waals surface area contributed by atoms with Gasteiger partial charge in [-0.05, 0) is 12.8 Å². The predicted octanol–water partition coefficient (Wildman–Crippen LogP) is 2.92. The molecule has 0 heterocycles. The van der Waals surface area contributed by atoms with Gasteiger partial charge in [-0.3, -0.25) is 4.79 Å². The second-order valence-electron chi connectivity index (χ2n) is 3.18. The van der Waals surface area contributed by atoms with Crippen LogP contribution in [0.5, 0.6) is 0 Å². The monoisotopic (exact) mass is 246 g/mol. The van der Waals surface area contributed by atoms with E-state index in [1.165, 1.54) is 0 Å². The van der Waals surface area contributed by atoms with Gasteiger partial charge in [0.1, 0.15) is 6.61 Å². The molecule has 0 radical (unpaired) electrons. The van der Waals surface area contributed by atoms with Crippen LogP contribution < -0.4 is 0 Å². The summed E-state index contributed by atoms with van der Waals surface area (Å²) in [6.07, 6.45) is 20.5. The molecule has 2 rings (SSSR count). The molecule has 0 bridgehead atoms. The number of rotatable bonds is 3. The molecule has 0 fully saturated rings. The van der Waals surface area contributed by atoms with Crippen LogP contribution in [0.4, 0.5) is 0 Å². The lowest BCUT2D eigenvalue weighted by Gasteiger charge is -1.90. The Hall–Kier alpha value is -2.16. The maximum atomic E-state index is 10.1. The summed E-state index contributed by atoms with van der Waals surface area (Å²) >= 11 is 0. The van der Waals surface area contributed by atoms with Gasteiger partial charge in [0, 0.05) is 6.08 Å². The Kier molecular flexibility index (Phi) is 11.4. The summed E-state index contributed by atoms with van der Waals surface area (Å²) in [5, 5.41) is 0. The van der Waals surface area contributed by atoms with E-state index in [4.69, 9.17) is 0 Å². The molecule has 0 N–H and O–H groups in total. The molecule has 96 valence electrons. The van der Waals surface area contributed by atoms with Crippen molar-refractivity contribution in [2.75, 3.05) is 6.61 Å². The van der Waals surface area contributed by atoms with Gasteiger partial charge in [0.15, 0.2) is 6.29 Å². The first-order chi connectivity index (χ1) is 8.81. The first-order valence-corrected chi connectivity index (χ1v) is 5.67.